The lowest BCUT2D eigenvalue weighted by Gasteiger charge is -2.36. The van der Waals surface area contributed by atoms with E-state index in [1.165, 1.54) is 47.9 Å². The topological polar surface area (TPSA) is 58.9 Å². The summed E-state index contributed by atoms with van der Waals surface area (Å²) in [7, 11) is 0. The predicted octanol–water partition coefficient (Wildman–Crippen LogP) is 6.75. The van der Waals surface area contributed by atoms with Gasteiger partial charge in [-0.05, 0) is 72.9 Å². The van der Waals surface area contributed by atoms with Gasteiger partial charge in [0, 0.05) is 5.41 Å². The average molecular weight is 483 g/mol. The molecule has 35 heavy (non-hydrogen) atoms. The first-order valence-electron chi connectivity index (χ1n) is 13.9. The molecule has 194 valence electrons. The van der Waals surface area contributed by atoms with Gasteiger partial charge in [0.1, 0.15) is 24.7 Å². The Balaban J connectivity index is 2.08. The number of benzene rings is 2. The Hall–Kier alpha value is -2.04. The minimum Gasteiger partial charge on any atom is -0.491 e. The highest BCUT2D eigenvalue weighted by molar-refractivity contribution is 5.49. The number of hydrogen-bond acceptors (Lipinski definition) is 4. The van der Waals surface area contributed by atoms with Crippen LogP contribution in [0.5, 0.6) is 11.5 Å². The molecule has 2 N–H and O–H groups in total. The molecule has 0 bridgehead atoms. The maximum Gasteiger partial charge on any atom is 0.122 e. The predicted molar refractivity (Wildman–Crippen MR) is 144 cm³/mol. The van der Waals surface area contributed by atoms with Crippen molar-refractivity contribution in [2.75, 3.05) is 26.4 Å². The van der Waals surface area contributed by atoms with Gasteiger partial charge in [0.05, 0.1) is 13.2 Å². The second-order valence-electron chi connectivity index (χ2n) is 9.99. The van der Waals surface area contributed by atoms with E-state index in [1.54, 1.807) is 0 Å². The fourth-order valence-electron chi connectivity index (χ4n) is 5.55. The van der Waals surface area contributed by atoms with Crippen molar-refractivity contribution in [1.82, 2.24) is 0 Å². The molecule has 2 aromatic carbocycles. The minimum atomic E-state index is -0.0105. The molecule has 3 rings (SSSR count). The molecule has 4 heteroatoms. The Morgan fingerprint density at radius 2 is 1.14 bits per heavy atom. The molecule has 0 aliphatic heterocycles. The van der Waals surface area contributed by atoms with E-state index in [4.69, 9.17) is 9.47 Å². The smallest absolute Gasteiger partial charge is 0.122 e. The molecular weight excluding hydrogens is 436 g/mol. The normalized spacial score (nSPS) is 15.5. The molecule has 1 aliphatic carbocycles. The second kappa shape index (κ2) is 14.5. The quantitative estimate of drug-likeness (QED) is 0.292. The summed E-state index contributed by atoms with van der Waals surface area (Å²) in [5.41, 5.74) is 5.30. The fraction of sp³-hybridized carbons (Fsp3) is 0.613. The van der Waals surface area contributed by atoms with Crippen LogP contribution < -0.4 is 9.47 Å². The van der Waals surface area contributed by atoms with Crippen molar-refractivity contribution in [2.45, 2.75) is 96.3 Å². The van der Waals surface area contributed by atoms with E-state index < -0.39 is 0 Å². The van der Waals surface area contributed by atoms with Crippen LogP contribution in [0.4, 0.5) is 0 Å². The summed E-state index contributed by atoms with van der Waals surface area (Å²) in [4.78, 5) is 0. The summed E-state index contributed by atoms with van der Waals surface area (Å²) < 4.78 is 11.8. The third kappa shape index (κ3) is 7.24. The van der Waals surface area contributed by atoms with Crippen LogP contribution >= 0.6 is 0 Å². The Labute approximate surface area is 212 Å². The van der Waals surface area contributed by atoms with Crippen LogP contribution in [0.25, 0.3) is 0 Å². The number of aryl methyl sites for hydroxylation is 2. The van der Waals surface area contributed by atoms with Crippen molar-refractivity contribution in [1.29, 1.82) is 0 Å². The molecule has 0 unspecified atom stereocenters. The molecule has 1 aliphatic rings. The van der Waals surface area contributed by atoms with E-state index in [0.717, 1.165) is 62.9 Å². The van der Waals surface area contributed by atoms with E-state index in [1.807, 2.05) is 0 Å². The average Bonchev–Trinajstić information content (AvgIpc) is 3.16. The lowest BCUT2D eigenvalue weighted by atomic mass is 9.68. The van der Waals surface area contributed by atoms with Crippen molar-refractivity contribution in [3.63, 3.8) is 0 Å². The molecule has 1 fully saturated rings. The highest BCUT2D eigenvalue weighted by atomic mass is 16.5. The summed E-state index contributed by atoms with van der Waals surface area (Å²) in [6.07, 6.45) is 13.9. The SMILES string of the molecule is CCCCc1cc(C2(c3ccc(OCCO)c(CCCC)c3)CCCCCC2)ccc1OCCO. The molecule has 4 nitrogen and oxygen atoms in total. The number of ether oxygens (including phenoxy) is 2. The molecule has 2 aromatic rings. The summed E-state index contributed by atoms with van der Waals surface area (Å²) in [6.45, 7) is 5.18. The van der Waals surface area contributed by atoms with Crippen LogP contribution in [-0.2, 0) is 18.3 Å². The summed E-state index contributed by atoms with van der Waals surface area (Å²) in [5.74, 6) is 1.83. The van der Waals surface area contributed by atoms with Crippen LogP contribution in [-0.4, -0.2) is 36.6 Å². The van der Waals surface area contributed by atoms with Crippen molar-refractivity contribution in [3.05, 3.63) is 58.7 Å². The molecule has 0 heterocycles. The number of aliphatic hydroxyl groups excluding tert-OH is 2. The lowest BCUT2D eigenvalue weighted by molar-refractivity contribution is 0.200. The van der Waals surface area contributed by atoms with Gasteiger partial charge in [-0.1, -0.05) is 76.6 Å². The lowest BCUT2D eigenvalue weighted by Crippen LogP contribution is -2.28. The molecule has 1 saturated carbocycles. The summed E-state index contributed by atoms with van der Waals surface area (Å²) in [6, 6.07) is 13.6. The van der Waals surface area contributed by atoms with Crippen LogP contribution in [0, 0.1) is 0 Å². The summed E-state index contributed by atoms with van der Waals surface area (Å²) >= 11 is 0. The maximum atomic E-state index is 9.29. The van der Waals surface area contributed by atoms with Gasteiger partial charge in [-0.3, -0.25) is 0 Å². The Morgan fingerprint density at radius 3 is 1.54 bits per heavy atom. The largest absolute Gasteiger partial charge is 0.491 e. The number of aliphatic hydroxyl groups is 2. The first-order chi connectivity index (χ1) is 17.2. The van der Waals surface area contributed by atoms with E-state index in [2.05, 4.69) is 50.2 Å². The molecule has 0 saturated heterocycles. The first kappa shape index (κ1) is 27.5. The fourth-order valence-corrected chi connectivity index (χ4v) is 5.55. The third-order valence-corrected chi connectivity index (χ3v) is 7.48. The zero-order chi connectivity index (χ0) is 24.9. The molecule has 0 amide bonds. The minimum absolute atomic E-state index is 0.0105. The van der Waals surface area contributed by atoms with Gasteiger partial charge in [-0.15, -0.1) is 0 Å². The highest BCUT2D eigenvalue weighted by Gasteiger charge is 2.35. The van der Waals surface area contributed by atoms with Gasteiger partial charge in [-0.2, -0.15) is 0 Å². The van der Waals surface area contributed by atoms with Crippen LogP contribution in [0.15, 0.2) is 36.4 Å². The number of unbranched alkanes of at least 4 members (excludes halogenated alkanes) is 2. The molecule has 0 atom stereocenters. The standard InChI is InChI=1S/C31H46O4/c1-3-5-11-25-23-27(13-15-29(25)34-21-19-32)31(17-9-7-8-10-18-31)28-14-16-30(35-22-20-33)26(24-28)12-6-4-2/h13-16,23-24,32-33H,3-12,17-22H2,1-2H3. The van der Waals surface area contributed by atoms with E-state index in [0.29, 0.717) is 13.2 Å². The van der Waals surface area contributed by atoms with Gasteiger partial charge in [0.2, 0.25) is 0 Å². The second-order valence-corrected chi connectivity index (χ2v) is 9.99. The maximum absolute atomic E-state index is 9.29. The molecule has 0 spiro atoms. The van der Waals surface area contributed by atoms with Crippen LogP contribution in [0.1, 0.15) is 100 Å². The zero-order valence-electron chi connectivity index (χ0n) is 22.0. The van der Waals surface area contributed by atoms with Crippen LogP contribution in [0.3, 0.4) is 0 Å². The van der Waals surface area contributed by atoms with Crippen molar-refractivity contribution in [3.8, 4) is 11.5 Å². The van der Waals surface area contributed by atoms with Crippen molar-refractivity contribution >= 4 is 0 Å². The van der Waals surface area contributed by atoms with E-state index >= 15 is 0 Å². The van der Waals surface area contributed by atoms with Crippen molar-refractivity contribution < 1.29 is 19.7 Å². The van der Waals surface area contributed by atoms with Gasteiger partial charge >= 0.3 is 0 Å². The zero-order valence-corrected chi connectivity index (χ0v) is 22.0. The van der Waals surface area contributed by atoms with Gasteiger partial charge in [0.15, 0.2) is 0 Å². The monoisotopic (exact) mass is 482 g/mol. The van der Waals surface area contributed by atoms with Crippen LogP contribution in [0.2, 0.25) is 0 Å². The number of rotatable bonds is 14. The Bertz CT molecular complexity index is 818. The Morgan fingerprint density at radius 1 is 0.686 bits per heavy atom. The highest BCUT2D eigenvalue weighted by Crippen LogP contribution is 2.46. The third-order valence-electron chi connectivity index (χ3n) is 7.48. The Kier molecular flexibility index (Phi) is 11.4. The molecular formula is C31H46O4. The van der Waals surface area contributed by atoms with Crippen molar-refractivity contribution in [2.24, 2.45) is 0 Å². The van der Waals surface area contributed by atoms with Gasteiger partial charge in [0.25, 0.3) is 0 Å². The van der Waals surface area contributed by atoms with E-state index in [9.17, 15) is 10.2 Å². The number of hydrogen-bond donors (Lipinski definition) is 2. The molecule has 0 radical (unpaired) electrons. The first-order valence-corrected chi connectivity index (χ1v) is 13.9. The summed E-state index contributed by atoms with van der Waals surface area (Å²) in [5, 5.41) is 18.6. The van der Waals surface area contributed by atoms with E-state index in [-0.39, 0.29) is 18.6 Å². The molecule has 0 aromatic heterocycles. The van der Waals surface area contributed by atoms with Gasteiger partial charge < -0.3 is 19.7 Å². The van der Waals surface area contributed by atoms with Gasteiger partial charge in [-0.25, -0.2) is 0 Å².